The maximum atomic E-state index is 12.9. The first-order chi connectivity index (χ1) is 15.1. The molecule has 0 unspecified atom stereocenters. The number of hydrogen-bond donors (Lipinski definition) is 1. The van der Waals surface area contributed by atoms with E-state index in [9.17, 15) is 9.59 Å². The van der Waals surface area contributed by atoms with Gasteiger partial charge >= 0.3 is 0 Å². The van der Waals surface area contributed by atoms with Crippen LogP contribution in [0.1, 0.15) is 16.7 Å². The van der Waals surface area contributed by atoms with Crippen molar-refractivity contribution in [3.8, 4) is 5.75 Å². The molecule has 0 spiro atoms. The lowest BCUT2D eigenvalue weighted by Crippen LogP contribution is -2.39. The standard InChI is InChI=1S/C25H21N3O3/c26-23(29)16-28-24(20-9-5-2-6-10-20)27-22(25(28)30)15-18-11-13-21(14-12-18)31-17-19-7-3-1-4-8-19/h1-15H,16-17H2,(H2,26,29). The predicted octanol–water partition coefficient (Wildman–Crippen LogP) is 3.38. The van der Waals surface area contributed by atoms with Crippen LogP contribution in [0.3, 0.4) is 0 Å². The van der Waals surface area contributed by atoms with Crippen molar-refractivity contribution in [3.63, 3.8) is 0 Å². The van der Waals surface area contributed by atoms with Gasteiger partial charge in [-0.2, -0.15) is 0 Å². The first-order valence-corrected chi connectivity index (χ1v) is 9.83. The Kier molecular flexibility index (Phi) is 5.89. The Labute approximate surface area is 180 Å². The third-order valence-electron chi connectivity index (χ3n) is 4.72. The molecule has 2 amide bonds. The summed E-state index contributed by atoms with van der Waals surface area (Å²) in [4.78, 5) is 30.1. The summed E-state index contributed by atoms with van der Waals surface area (Å²) in [6.07, 6.45) is 1.69. The predicted molar refractivity (Wildman–Crippen MR) is 119 cm³/mol. The highest BCUT2D eigenvalue weighted by atomic mass is 16.5. The van der Waals surface area contributed by atoms with E-state index in [0.717, 1.165) is 22.4 Å². The van der Waals surface area contributed by atoms with Crippen LogP contribution in [0.2, 0.25) is 0 Å². The molecule has 154 valence electrons. The van der Waals surface area contributed by atoms with Crippen LogP contribution in [0.4, 0.5) is 0 Å². The molecule has 0 bridgehead atoms. The number of rotatable bonds is 7. The molecule has 3 aromatic rings. The fourth-order valence-corrected chi connectivity index (χ4v) is 3.22. The van der Waals surface area contributed by atoms with Crippen LogP contribution in [0.5, 0.6) is 5.75 Å². The van der Waals surface area contributed by atoms with Gasteiger partial charge in [-0.25, -0.2) is 4.99 Å². The van der Waals surface area contributed by atoms with E-state index in [1.54, 1.807) is 6.08 Å². The molecule has 3 aromatic carbocycles. The Morgan fingerprint density at radius 1 is 0.935 bits per heavy atom. The van der Waals surface area contributed by atoms with Crippen LogP contribution >= 0.6 is 0 Å². The molecular weight excluding hydrogens is 390 g/mol. The largest absolute Gasteiger partial charge is 0.489 e. The first-order valence-electron chi connectivity index (χ1n) is 9.83. The van der Waals surface area contributed by atoms with Gasteiger partial charge in [0.2, 0.25) is 5.91 Å². The zero-order valence-corrected chi connectivity index (χ0v) is 16.8. The van der Waals surface area contributed by atoms with Gasteiger partial charge in [-0.3, -0.25) is 14.5 Å². The van der Waals surface area contributed by atoms with Gasteiger partial charge in [0.25, 0.3) is 5.91 Å². The Morgan fingerprint density at radius 3 is 2.23 bits per heavy atom. The van der Waals surface area contributed by atoms with E-state index in [1.165, 1.54) is 4.90 Å². The van der Waals surface area contributed by atoms with Crippen LogP contribution in [0.25, 0.3) is 6.08 Å². The smallest absolute Gasteiger partial charge is 0.278 e. The summed E-state index contributed by atoms with van der Waals surface area (Å²) in [7, 11) is 0. The Balaban J connectivity index is 1.53. The van der Waals surface area contributed by atoms with Crippen molar-refractivity contribution in [1.29, 1.82) is 0 Å². The van der Waals surface area contributed by atoms with E-state index in [1.807, 2.05) is 84.9 Å². The third-order valence-corrected chi connectivity index (χ3v) is 4.72. The monoisotopic (exact) mass is 411 g/mol. The summed E-state index contributed by atoms with van der Waals surface area (Å²) in [6.45, 7) is 0.253. The van der Waals surface area contributed by atoms with Crippen molar-refractivity contribution in [3.05, 3.63) is 107 Å². The van der Waals surface area contributed by atoms with Crippen molar-refractivity contribution in [1.82, 2.24) is 4.90 Å². The van der Waals surface area contributed by atoms with Crippen molar-refractivity contribution >= 4 is 23.7 Å². The molecule has 2 N–H and O–H groups in total. The maximum Gasteiger partial charge on any atom is 0.278 e. The number of carbonyl (C=O) groups is 2. The van der Waals surface area contributed by atoms with Crippen LogP contribution < -0.4 is 10.5 Å². The molecule has 6 nitrogen and oxygen atoms in total. The molecule has 0 saturated heterocycles. The molecule has 0 radical (unpaired) electrons. The molecule has 1 aliphatic rings. The minimum Gasteiger partial charge on any atom is -0.489 e. The van der Waals surface area contributed by atoms with Crippen molar-refractivity contribution in [2.24, 2.45) is 10.7 Å². The number of carbonyl (C=O) groups excluding carboxylic acids is 2. The van der Waals surface area contributed by atoms with E-state index in [-0.39, 0.29) is 18.1 Å². The highest BCUT2D eigenvalue weighted by Gasteiger charge is 2.31. The van der Waals surface area contributed by atoms with Crippen LogP contribution in [-0.2, 0) is 16.2 Å². The average molecular weight is 411 g/mol. The summed E-state index contributed by atoms with van der Waals surface area (Å²) in [6, 6.07) is 26.6. The van der Waals surface area contributed by atoms with Gasteiger partial charge in [-0.1, -0.05) is 72.8 Å². The van der Waals surface area contributed by atoms with Crippen molar-refractivity contribution in [2.45, 2.75) is 6.61 Å². The number of hydrogen-bond acceptors (Lipinski definition) is 4. The summed E-state index contributed by atoms with van der Waals surface area (Å²) in [5.74, 6) is 0.186. The van der Waals surface area contributed by atoms with E-state index < -0.39 is 5.91 Å². The molecule has 0 aliphatic carbocycles. The normalized spacial score (nSPS) is 14.6. The van der Waals surface area contributed by atoms with Crippen LogP contribution in [-0.4, -0.2) is 29.1 Å². The Bertz CT molecular complexity index is 1140. The van der Waals surface area contributed by atoms with E-state index >= 15 is 0 Å². The topological polar surface area (TPSA) is 85.0 Å². The second kappa shape index (κ2) is 9.09. The quantitative estimate of drug-likeness (QED) is 0.605. The van der Waals surface area contributed by atoms with Crippen LogP contribution in [0, 0.1) is 0 Å². The van der Waals surface area contributed by atoms with Crippen molar-refractivity contribution in [2.75, 3.05) is 6.54 Å². The molecule has 0 fully saturated rings. The number of primary amides is 1. The highest BCUT2D eigenvalue weighted by molar-refractivity contribution is 6.20. The lowest BCUT2D eigenvalue weighted by atomic mass is 10.2. The van der Waals surface area contributed by atoms with Gasteiger partial charge in [0, 0.05) is 5.56 Å². The van der Waals surface area contributed by atoms with E-state index in [2.05, 4.69) is 4.99 Å². The van der Waals surface area contributed by atoms with Gasteiger partial charge in [-0.05, 0) is 29.3 Å². The van der Waals surface area contributed by atoms with E-state index in [0.29, 0.717) is 12.4 Å². The molecular formula is C25H21N3O3. The summed E-state index contributed by atoms with van der Waals surface area (Å²) >= 11 is 0. The Hall–Kier alpha value is -4.19. The number of aliphatic imine (C=N–C) groups is 1. The van der Waals surface area contributed by atoms with Gasteiger partial charge in [0.05, 0.1) is 0 Å². The molecule has 1 aliphatic heterocycles. The number of ether oxygens (including phenoxy) is 1. The van der Waals surface area contributed by atoms with Gasteiger partial charge in [-0.15, -0.1) is 0 Å². The highest BCUT2D eigenvalue weighted by Crippen LogP contribution is 2.23. The lowest BCUT2D eigenvalue weighted by molar-refractivity contribution is -0.127. The van der Waals surface area contributed by atoms with Gasteiger partial charge in [0.1, 0.15) is 30.4 Å². The summed E-state index contributed by atoms with van der Waals surface area (Å²) in [5.41, 5.74) is 8.21. The molecule has 0 saturated carbocycles. The molecule has 0 atom stereocenters. The SMILES string of the molecule is NC(=O)CN1C(=O)C(=Cc2ccc(OCc3ccccc3)cc2)N=C1c1ccccc1. The number of nitrogens with two attached hydrogens (primary N) is 1. The molecule has 6 heteroatoms. The van der Waals surface area contributed by atoms with Crippen LogP contribution in [0.15, 0.2) is 95.6 Å². The first kappa shape index (κ1) is 20.1. The maximum absolute atomic E-state index is 12.9. The number of benzene rings is 3. The summed E-state index contributed by atoms with van der Waals surface area (Å²) < 4.78 is 5.80. The lowest BCUT2D eigenvalue weighted by Gasteiger charge is -2.16. The minimum absolute atomic E-state index is 0.226. The van der Waals surface area contributed by atoms with Crippen molar-refractivity contribution < 1.29 is 14.3 Å². The van der Waals surface area contributed by atoms with Gasteiger partial charge < -0.3 is 10.5 Å². The zero-order chi connectivity index (χ0) is 21.6. The summed E-state index contributed by atoms with van der Waals surface area (Å²) in [5, 5.41) is 0. The molecule has 31 heavy (non-hydrogen) atoms. The molecule has 1 heterocycles. The van der Waals surface area contributed by atoms with Gasteiger partial charge in [0.15, 0.2) is 0 Å². The van der Waals surface area contributed by atoms with E-state index in [4.69, 9.17) is 10.5 Å². The third kappa shape index (κ3) is 4.87. The second-order valence-corrected chi connectivity index (χ2v) is 7.03. The number of amides is 2. The zero-order valence-electron chi connectivity index (χ0n) is 16.8. The minimum atomic E-state index is -0.599. The number of amidine groups is 1. The average Bonchev–Trinajstić information content (AvgIpc) is 3.09. The fraction of sp³-hybridized carbons (Fsp3) is 0.0800. The second-order valence-electron chi connectivity index (χ2n) is 7.03. The molecule has 0 aromatic heterocycles. The number of nitrogens with zero attached hydrogens (tertiary/aromatic N) is 2. The molecule has 4 rings (SSSR count). The Morgan fingerprint density at radius 2 is 1.58 bits per heavy atom. The fourth-order valence-electron chi connectivity index (χ4n) is 3.22.